The van der Waals surface area contributed by atoms with Gasteiger partial charge in [-0.25, -0.2) is 8.42 Å². The molecule has 1 aromatic heterocycles. The Morgan fingerprint density at radius 3 is 2.71 bits per heavy atom. The van der Waals surface area contributed by atoms with E-state index in [1.165, 1.54) is 4.31 Å². The maximum Gasteiger partial charge on any atom is 0.243 e. The largest absolute Gasteiger partial charge is 0.379 e. The first-order chi connectivity index (χ1) is 13.4. The second-order valence-electron chi connectivity index (χ2n) is 6.95. The third kappa shape index (κ3) is 4.65. The first-order valence-corrected chi connectivity index (χ1v) is 11.7. The minimum atomic E-state index is -3.56. The molecule has 0 N–H and O–H groups in total. The molecule has 152 valence electrons. The Kier molecular flexibility index (Phi) is 6.92. The van der Waals surface area contributed by atoms with Crippen molar-refractivity contribution in [2.45, 2.75) is 30.4 Å². The van der Waals surface area contributed by atoms with Crippen LogP contribution in [0, 0.1) is 5.92 Å². The van der Waals surface area contributed by atoms with Gasteiger partial charge >= 0.3 is 0 Å². The molecule has 1 aliphatic heterocycles. The maximum atomic E-state index is 13.0. The Hall–Kier alpha value is -1.68. The molecule has 0 spiro atoms. The lowest BCUT2D eigenvalue weighted by Crippen LogP contribution is -2.40. The number of ether oxygens (including phenoxy) is 1. The zero-order chi connectivity index (χ0) is 20.1. The molecule has 1 fully saturated rings. The van der Waals surface area contributed by atoms with Gasteiger partial charge in [-0.05, 0) is 18.1 Å². The fourth-order valence-corrected chi connectivity index (χ4v) is 5.23. The Morgan fingerprint density at radius 1 is 1.29 bits per heavy atom. The van der Waals surface area contributed by atoms with Crippen LogP contribution in [0.3, 0.4) is 0 Å². The first-order valence-electron chi connectivity index (χ1n) is 9.28. The van der Waals surface area contributed by atoms with Gasteiger partial charge < -0.3 is 4.74 Å². The summed E-state index contributed by atoms with van der Waals surface area (Å²) in [6, 6.07) is 6.90. The van der Waals surface area contributed by atoms with Crippen molar-refractivity contribution in [2.24, 2.45) is 5.92 Å². The number of thioether (sulfide) groups is 1. The molecule has 7 nitrogen and oxygen atoms in total. The molecule has 2 aromatic rings. The minimum Gasteiger partial charge on any atom is -0.379 e. The second-order valence-corrected chi connectivity index (χ2v) is 9.88. The third-order valence-corrected chi connectivity index (χ3v) is 7.56. The fraction of sp³-hybridized carbons (Fsp3) is 0.474. The molecule has 9 heteroatoms. The lowest BCUT2D eigenvalue weighted by atomic mass is 10.2. The number of aromatic nitrogens is 3. The molecule has 0 radical (unpaired) electrons. The lowest BCUT2D eigenvalue weighted by Gasteiger charge is -2.26. The van der Waals surface area contributed by atoms with Crippen LogP contribution >= 0.6 is 11.8 Å². The monoisotopic (exact) mass is 422 g/mol. The van der Waals surface area contributed by atoms with Gasteiger partial charge in [0.05, 0.1) is 18.1 Å². The van der Waals surface area contributed by atoms with Crippen molar-refractivity contribution in [2.75, 3.05) is 32.1 Å². The average Bonchev–Trinajstić information content (AvgIpc) is 3.10. The molecule has 0 aliphatic carbocycles. The van der Waals surface area contributed by atoms with Crippen LogP contribution in [-0.4, -0.2) is 59.5 Å². The molecule has 28 heavy (non-hydrogen) atoms. The zero-order valence-corrected chi connectivity index (χ0v) is 17.9. The second kappa shape index (κ2) is 9.21. The summed E-state index contributed by atoms with van der Waals surface area (Å²) in [5, 5.41) is 9.46. The molecule has 0 atom stereocenters. The van der Waals surface area contributed by atoms with Crippen LogP contribution in [0.25, 0.3) is 11.4 Å². The standard InChI is InChI=1S/C19H26N4O3S2/c1-4-8-23-18(20-21-19(23)27-14-15(2)3)16-6-5-7-17(13-16)28(24,25)22-9-11-26-12-10-22/h4-7,13,15H,1,8-12,14H2,2-3H3. The van der Waals surface area contributed by atoms with Gasteiger partial charge in [0.25, 0.3) is 0 Å². The molecular formula is C19H26N4O3S2. The number of hydrogen-bond donors (Lipinski definition) is 0. The molecule has 0 bridgehead atoms. The van der Waals surface area contributed by atoms with Gasteiger partial charge in [0.15, 0.2) is 11.0 Å². The highest BCUT2D eigenvalue weighted by Gasteiger charge is 2.27. The van der Waals surface area contributed by atoms with Crippen LogP contribution in [0.5, 0.6) is 0 Å². The Morgan fingerprint density at radius 2 is 2.04 bits per heavy atom. The number of hydrogen-bond acceptors (Lipinski definition) is 6. The predicted molar refractivity (Wildman–Crippen MR) is 111 cm³/mol. The summed E-state index contributed by atoms with van der Waals surface area (Å²) in [7, 11) is -3.56. The van der Waals surface area contributed by atoms with Crippen LogP contribution in [0.2, 0.25) is 0 Å². The summed E-state index contributed by atoms with van der Waals surface area (Å²) in [4.78, 5) is 0.261. The zero-order valence-electron chi connectivity index (χ0n) is 16.2. The minimum absolute atomic E-state index is 0.261. The van der Waals surface area contributed by atoms with Gasteiger partial charge in [0, 0.05) is 31.0 Å². The molecule has 1 aliphatic rings. The molecule has 0 saturated carbocycles. The fourth-order valence-electron chi connectivity index (χ4n) is 2.88. The molecule has 3 rings (SSSR count). The summed E-state index contributed by atoms with van der Waals surface area (Å²) in [6.07, 6.45) is 1.79. The van der Waals surface area contributed by atoms with E-state index in [2.05, 4.69) is 30.6 Å². The summed E-state index contributed by atoms with van der Waals surface area (Å²) < 4.78 is 34.7. The Balaban J connectivity index is 1.94. The third-order valence-electron chi connectivity index (χ3n) is 4.27. The van der Waals surface area contributed by atoms with Crippen molar-refractivity contribution >= 4 is 21.8 Å². The van der Waals surface area contributed by atoms with E-state index in [0.717, 1.165) is 16.5 Å². The number of benzene rings is 1. The van der Waals surface area contributed by atoms with Crippen molar-refractivity contribution in [1.82, 2.24) is 19.1 Å². The average molecular weight is 423 g/mol. The van der Waals surface area contributed by atoms with Gasteiger partial charge in [-0.1, -0.05) is 43.8 Å². The van der Waals surface area contributed by atoms with Gasteiger partial charge in [-0.2, -0.15) is 4.31 Å². The highest BCUT2D eigenvalue weighted by molar-refractivity contribution is 7.99. The number of nitrogens with zero attached hydrogens (tertiary/aromatic N) is 4. The highest BCUT2D eigenvalue weighted by Crippen LogP contribution is 2.28. The number of sulfonamides is 1. The van der Waals surface area contributed by atoms with E-state index in [-0.39, 0.29) is 4.90 Å². The van der Waals surface area contributed by atoms with E-state index < -0.39 is 10.0 Å². The van der Waals surface area contributed by atoms with Gasteiger partial charge in [-0.15, -0.1) is 16.8 Å². The number of morpholine rings is 1. The molecule has 2 heterocycles. The van der Waals surface area contributed by atoms with Crippen LogP contribution in [0.15, 0.2) is 47.0 Å². The van der Waals surface area contributed by atoms with E-state index in [1.807, 2.05) is 10.6 Å². The Bertz CT molecular complexity index is 919. The molecular weight excluding hydrogens is 396 g/mol. The van der Waals surface area contributed by atoms with Crippen molar-refractivity contribution in [3.8, 4) is 11.4 Å². The molecule has 0 unspecified atom stereocenters. The topological polar surface area (TPSA) is 77.3 Å². The summed E-state index contributed by atoms with van der Waals surface area (Å²) in [5.41, 5.74) is 0.722. The van der Waals surface area contributed by atoms with Crippen LogP contribution < -0.4 is 0 Å². The van der Waals surface area contributed by atoms with E-state index in [1.54, 1.807) is 36.0 Å². The molecule has 0 amide bonds. The summed E-state index contributed by atoms with van der Waals surface area (Å²) in [6.45, 7) is 10.3. The Labute approximate surface area is 170 Å². The highest BCUT2D eigenvalue weighted by atomic mass is 32.2. The molecule has 1 aromatic carbocycles. The van der Waals surface area contributed by atoms with Crippen molar-refractivity contribution in [3.05, 3.63) is 36.9 Å². The van der Waals surface area contributed by atoms with E-state index in [9.17, 15) is 8.42 Å². The SMILES string of the molecule is C=CCn1c(SCC(C)C)nnc1-c1cccc(S(=O)(=O)N2CCOCC2)c1. The van der Waals surface area contributed by atoms with E-state index in [4.69, 9.17) is 4.74 Å². The first kappa shape index (κ1) is 21.0. The summed E-state index contributed by atoms with van der Waals surface area (Å²) in [5.74, 6) is 2.11. The summed E-state index contributed by atoms with van der Waals surface area (Å²) >= 11 is 1.64. The normalized spacial score (nSPS) is 15.8. The lowest BCUT2D eigenvalue weighted by molar-refractivity contribution is 0.0730. The van der Waals surface area contributed by atoms with Gasteiger partial charge in [0.2, 0.25) is 10.0 Å². The van der Waals surface area contributed by atoms with E-state index in [0.29, 0.717) is 44.6 Å². The van der Waals surface area contributed by atoms with Crippen LogP contribution in [0.1, 0.15) is 13.8 Å². The number of rotatable bonds is 8. The van der Waals surface area contributed by atoms with Crippen LogP contribution in [0.4, 0.5) is 0 Å². The van der Waals surface area contributed by atoms with Crippen LogP contribution in [-0.2, 0) is 21.3 Å². The maximum absolute atomic E-state index is 13.0. The number of allylic oxidation sites excluding steroid dienone is 1. The van der Waals surface area contributed by atoms with Crippen molar-refractivity contribution < 1.29 is 13.2 Å². The quantitative estimate of drug-likeness (QED) is 0.481. The van der Waals surface area contributed by atoms with E-state index >= 15 is 0 Å². The van der Waals surface area contributed by atoms with Crippen molar-refractivity contribution in [1.29, 1.82) is 0 Å². The van der Waals surface area contributed by atoms with Gasteiger partial charge in [-0.3, -0.25) is 4.57 Å². The smallest absolute Gasteiger partial charge is 0.243 e. The van der Waals surface area contributed by atoms with Crippen molar-refractivity contribution in [3.63, 3.8) is 0 Å². The van der Waals surface area contributed by atoms with Gasteiger partial charge in [0.1, 0.15) is 0 Å². The predicted octanol–water partition coefficient (Wildman–Crippen LogP) is 2.90. The molecule has 1 saturated heterocycles.